The molecule has 2 nitrogen and oxygen atoms in total. The topological polar surface area (TPSA) is 17.8 Å². The van der Waals surface area contributed by atoms with Crippen molar-refractivity contribution in [1.29, 1.82) is 0 Å². The summed E-state index contributed by atoms with van der Waals surface area (Å²) in [6.45, 7) is 1.65. The second-order valence-electron chi connectivity index (χ2n) is 3.51. The maximum atomic E-state index is 13.5. The molecule has 0 atom stereocenters. The number of hydrogen-bond donors (Lipinski definition) is 0. The highest BCUT2D eigenvalue weighted by Crippen LogP contribution is 2.26. The van der Waals surface area contributed by atoms with Crippen LogP contribution in [0.1, 0.15) is 5.56 Å². The summed E-state index contributed by atoms with van der Waals surface area (Å²) in [5, 5.41) is 3.88. The number of nitrogens with zero attached hydrogens (tertiary/aromatic N) is 2. The number of halogens is 2. The van der Waals surface area contributed by atoms with Gasteiger partial charge in [-0.15, -0.1) is 0 Å². The minimum atomic E-state index is -0.555. The Morgan fingerprint density at radius 3 is 2.27 bits per heavy atom. The van der Waals surface area contributed by atoms with Crippen LogP contribution in [0.15, 0.2) is 24.5 Å². The lowest BCUT2D eigenvalue weighted by molar-refractivity contribution is 0.587. The molecule has 0 N–H and O–H groups in total. The van der Waals surface area contributed by atoms with E-state index in [1.54, 1.807) is 20.2 Å². The molecular weight excluding hydrogens is 198 g/mol. The maximum absolute atomic E-state index is 13.5. The Hall–Kier alpha value is -1.71. The van der Waals surface area contributed by atoms with Gasteiger partial charge in [0.2, 0.25) is 0 Å². The smallest absolute Gasteiger partial charge is 0.134 e. The van der Waals surface area contributed by atoms with E-state index in [1.807, 2.05) is 0 Å². The fourth-order valence-corrected chi connectivity index (χ4v) is 1.53. The minimum absolute atomic E-state index is 0.0197. The van der Waals surface area contributed by atoms with E-state index >= 15 is 0 Å². The Morgan fingerprint density at radius 1 is 1.20 bits per heavy atom. The molecule has 0 aliphatic heterocycles. The van der Waals surface area contributed by atoms with Gasteiger partial charge in [-0.1, -0.05) is 0 Å². The third-order valence-corrected chi connectivity index (χ3v) is 2.18. The summed E-state index contributed by atoms with van der Waals surface area (Å²) in [7, 11) is 1.70. The van der Waals surface area contributed by atoms with E-state index < -0.39 is 11.6 Å². The molecule has 0 aliphatic carbocycles. The van der Waals surface area contributed by atoms with Crippen LogP contribution >= 0.6 is 0 Å². The zero-order valence-corrected chi connectivity index (χ0v) is 8.46. The number of hydrogen-bond acceptors (Lipinski definition) is 1. The summed E-state index contributed by atoms with van der Waals surface area (Å²) in [5.41, 5.74) is 0.999. The van der Waals surface area contributed by atoms with Crippen molar-refractivity contribution in [2.75, 3.05) is 0 Å². The van der Waals surface area contributed by atoms with Crippen LogP contribution in [0, 0.1) is 18.6 Å². The van der Waals surface area contributed by atoms with Gasteiger partial charge in [-0.25, -0.2) is 8.78 Å². The van der Waals surface area contributed by atoms with Gasteiger partial charge in [0, 0.05) is 18.8 Å². The Labute approximate surface area is 86.2 Å². The molecule has 0 spiro atoms. The normalized spacial score (nSPS) is 10.7. The molecule has 0 bridgehead atoms. The van der Waals surface area contributed by atoms with E-state index in [4.69, 9.17) is 0 Å². The second-order valence-corrected chi connectivity index (χ2v) is 3.51. The summed E-state index contributed by atoms with van der Waals surface area (Å²) in [5.74, 6) is -1.11. The summed E-state index contributed by atoms with van der Waals surface area (Å²) < 4.78 is 28.6. The molecule has 1 heterocycles. The Kier molecular flexibility index (Phi) is 2.26. The SMILES string of the molecule is Cc1cc(F)c(-c2cnn(C)c2)c(F)c1. The third-order valence-electron chi connectivity index (χ3n) is 2.18. The molecule has 1 aromatic carbocycles. The fourth-order valence-electron chi connectivity index (χ4n) is 1.53. The van der Waals surface area contributed by atoms with E-state index in [0.29, 0.717) is 11.1 Å². The lowest BCUT2D eigenvalue weighted by Gasteiger charge is -2.03. The Balaban J connectivity index is 2.62. The molecule has 0 aliphatic rings. The molecule has 4 heteroatoms. The van der Waals surface area contributed by atoms with E-state index in [0.717, 1.165) is 0 Å². The summed E-state index contributed by atoms with van der Waals surface area (Å²) in [4.78, 5) is 0. The second kappa shape index (κ2) is 3.46. The highest BCUT2D eigenvalue weighted by molar-refractivity contribution is 5.63. The minimum Gasteiger partial charge on any atom is -0.275 e. The van der Waals surface area contributed by atoms with Crippen LogP contribution in [-0.4, -0.2) is 9.78 Å². The van der Waals surface area contributed by atoms with Crippen LogP contribution in [0.25, 0.3) is 11.1 Å². The van der Waals surface area contributed by atoms with Gasteiger partial charge >= 0.3 is 0 Å². The molecule has 0 amide bonds. The van der Waals surface area contributed by atoms with Gasteiger partial charge in [-0.3, -0.25) is 4.68 Å². The van der Waals surface area contributed by atoms with Gasteiger partial charge in [-0.2, -0.15) is 5.10 Å². The zero-order chi connectivity index (χ0) is 11.0. The molecule has 2 aromatic rings. The van der Waals surface area contributed by atoms with Crippen molar-refractivity contribution in [3.63, 3.8) is 0 Å². The van der Waals surface area contributed by atoms with Crippen molar-refractivity contribution in [3.8, 4) is 11.1 Å². The quantitative estimate of drug-likeness (QED) is 0.704. The highest BCUT2D eigenvalue weighted by atomic mass is 19.1. The van der Waals surface area contributed by atoms with Crippen LogP contribution in [-0.2, 0) is 7.05 Å². The summed E-state index contributed by atoms with van der Waals surface area (Å²) in [6.07, 6.45) is 3.02. The molecule has 78 valence electrons. The van der Waals surface area contributed by atoms with Crippen molar-refractivity contribution in [1.82, 2.24) is 9.78 Å². The van der Waals surface area contributed by atoms with Gasteiger partial charge in [0.25, 0.3) is 0 Å². The number of rotatable bonds is 1. The van der Waals surface area contributed by atoms with E-state index in [9.17, 15) is 8.78 Å². The van der Waals surface area contributed by atoms with Crippen LogP contribution in [0.5, 0.6) is 0 Å². The molecule has 0 radical (unpaired) electrons. The number of aromatic nitrogens is 2. The monoisotopic (exact) mass is 208 g/mol. The van der Waals surface area contributed by atoms with Gasteiger partial charge in [-0.05, 0) is 24.6 Å². The predicted molar refractivity (Wildman–Crippen MR) is 53.3 cm³/mol. The Bertz CT molecular complexity index is 480. The van der Waals surface area contributed by atoms with Gasteiger partial charge < -0.3 is 0 Å². The van der Waals surface area contributed by atoms with E-state index in [-0.39, 0.29) is 5.56 Å². The maximum Gasteiger partial charge on any atom is 0.134 e. The third kappa shape index (κ3) is 1.75. The first kappa shape index (κ1) is 9.83. The van der Waals surface area contributed by atoms with Crippen molar-refractivity contribution < 1.29 is 8.78 Å². The molecule has 2 rings (SSSR count). The zero-order valence-electron chi connectivity index (χ0n) is 8.46. The molecule has 0 fully saturated rings. The lowest BCUT2D eigenvalue weighted by Crippen LogP contribution is -1.91. The fraction of sp³-hybridized carbons (Fsp3) is 0.182. The standard InChI is InChI=1S/C11H10F2N2/c1-7-3-9(12)11(10(13)4-7)8-5-14-15(2)6-8/h3-6H,1-2H3. The first-order valence-electron chi connectivity index (χ1n) is 4.52. The van der Waals surface area contributed by atoms with Crippen LogP contribution in [0.3, 0.4) is 0 Å². The molecule has 15 heavy (non-hydrogen) atoms. The van der Waals surface area contributed by atoms with Gasteiger partial charge in [0.15, 0.2) is 0 Å². The van der Waals surface area contributed by atoms with Crippen molar-refractivity contribution >= 4 is 0 Å². The molecular formula is C11H10F2N2. The van der Waals surface area contributed by atoms with Gasteiger partial charge in [0.05, 0.1) is 11.8 Å². The van der Waals surface area contributed by atoms with Crippen LogP contribution in [0.2, 0.25) is 0 Å². The number of benzene rings is 1. The van der Waals surface area contributed by atoms with Crippen LogP contribution < -0.4 is 0 Å². The molecule has 0 unspecified atom stereocenters. The molecule has 0 saturated carbocycles. The first-order valence-corrected chi connectivity index (χ1v) is 4.52. The molecule has 1 aromatic heterocycles. The van der Waals surface area contributed by atoms with E-state index in [2.05, 4.69) is 5.10 Å². The highest BCUT2D eigenvalue weighted by Gasteiger charge is 2.13. The number of aryl methyl sites for hydroxylation is 2. The lowest BCUT2D eigenvalue weighted by atomic mass is 10.1. The largest absolute Gasteiger partial charge is 0.275 e. The first-order chi connectivity index (χ1) is 7.08. The summed E-state index contributed by atoms with van der Waals surface area (Å²) >= 11 is 0. The van der Waals surface area contributed by atoms with Crippen molar-refractivity contribution in [2.45, 2.75) is 6.92 Å². The van der Waals surface area contributed by atoms with Crippen molar-refractivity contribution in [3.05, 3.63) is 41.7 Å². The average Bonchev–Trinajstić information content (AvgIpc) is 2.49. The van der Waals surface area contributed by atoms with Crippen molar-refractivity contribution in [2.24, 2.45) is 7.05 Å². The molecule has 0 saturated heterocycles. The van der Waals surface area contributed by atoms with Crippen LogP contribution in [0.4, 0.5) is 8.78 Å². The van der Waals surface area contributed by atoms with E-state index in [1.165, 1.54) is 23.0 Å². The Morgan fingerprint density at radius 2 is 1.80 bits per heavy atom. The van der Waals surface area contributed by atoms with Gasteiger partial charge in [0.1, 0.15) is 11.6 Å². The predicted octanol–water partition coefficient (Wildman–Crippen LogP) is 2.67. The average molecular weight is 208 g/mol. The summed E-state index contributed by atoms with van der Waals surface area (Å²) in [6, 6.07) is 2.62.